The van der Waals surface area contributed by atoms with E-state index in [4.69, 9.17) is 4.98 Å². The first-order chi connectivity index (χ1) is 19.6. The van der Waals surface area contributed by atoms with E-state index in [1.54, 1.807) is 11.0 Å². The van der Waals surface area contributed by atoms with Gasteiger partial charge in [-0.05, 0) is 80.4 Å². The summed E-state index contributed by atoms with van der Waals surface area (Å²) in [4.78, 5) is 46.7. The third kappa shape index (κ3) is 5.13. The number of phenolic OH excluding ortho intramolecular Hbond substituents is 1. The summed E-state index contributed by atoms with van der Waals surface area (Å²) in [5, 5.41) is 12.6. The number of halogens is 1. The van der Waals surface area contributed by atoms with Crippen molar-refractivity contribution in [1.82, 2.24) is 15.2 Å². The maximum atomic E-state index is 15.1. The molecule has 1 aromatic carbocycles. The maximum Gasteiger partial charge on any atom is 0.239 e. The predicted molar refractivity (Wildman–Crippen MR) is 155 cm³/mol. The number of hydrogen-bond donors (Lipinski definition) is 2. The van der Waals surface area contributed by atoms with Gasteiger partial charge in [0, 0.05) is 37.3 Å². The Balaban J connectivity index is 1.59. The average molecular weight is 561 g/mol. The normalized spacial score (nSPS) is 21.4. The van der Waals surface area contributed by atoms with Gasteiger partial charge in [0.15, 0.2) is 11.6 Å². The predicted octanol–water partition coefficient (Wildman–Crippen LogP) is 5.01. The van der Waals surface area contributed by atoms with Crippen molar-refractivity contribution in [2.24, 2.45) is 11.3 Å². The summed E-state index contributed by atoms with van der Waals surface area (Å²) in [6.07, 6.45) is 7.94. The topological polar surface area (TPSA) is 103 Å². The number of carbonyl (C=O) groups excluding carboxylic acids is 3. The minimum absolute atomic E-state index is 0.000315. The number of nitrogens with zero attached hydrogens (tertiary/aromatic N) is 3. The molecule has 9 heteroatoms. The second-order valence-corrected chi connectivity index (χ2v) is 11.4. The van der Waals surface area contributed by atoms with Gasteiger partial charge in [0.05, 0.1) is 22.5 Å². The maximum absolute atomic E-state index is 15.1. The fraction of sp³-hybridized carbons (Fsp3) is 0.438. The van der Waals surface area contributed by atoms with Gasteiger partial charge in [-0.15, -0.1) is 0 Å². The Morgan fingerprint density at radius 2 is 2.02 bits per heavy atom. The van der Waals surface area contributed by atoms with Crippen molar-refractivity contribution in [2.75, 3.05) is 18.0 Å². The van der Waals surface area contributed by atoms with Gasteiger partial charge in [0.25, 0.3) is 0 Å². The standard InChI is InChI=1S/C32H37FN4O4/c1-5-7-25-29-22(10-11-27(39)30(29)33)16-37(25)17-32(15-28(40)35-31(32)41)23(21-8-9-21)14-24-19(3)13-26(20(4)34-24)36(18-38)12-6-2/h7,10-11,13-14,18,21,39H,5-6,8-9,12,15-17H2,1-4H3,(H,35,40,41)/b23-14+,25-7-/t32-/m1/s1. The molecule has 1 atom stereocenters. The Morgan fingerprint density at radius 3 is 2.63 bits per heavy atom. The SMILES string of the molecule is CC/C=C1/c2c(ccc(O)c2F)CN1C[C@@]1(/C(=C/c2nc(C)c(N(C=O)CCC)cc2C)C2CC2)CC(=O)NC1=O. The summed E-state index contributed by atoms with van der Waals surface area (Å²) in [6.45, 7) is 8.90. The molecule has 2 fully saturated rings. The summed E-state index contributed by atoms with van der Waals surface area (Å²) < 4.78 is 15.1. The van der Waals surface area contributed by atoms with Gasteiger partial charge in [-0.25, -0.2) is 4.39 Å². The van der Waals surface area contributed by atoms with Gasteiger partial charge in [0.2, 0.25) is 18.2 Å². The molecule has 1 saturated carbocycles. The third-order valence-corrected chi connectivity index (χ3v) is 8.35. The Labute approximate surface area is 239 Å². The van der Waals surface area contributed by atoms with E-state index in [2.05, 4.69) is 5.32 Å². The minimum atomic E-state index is -1.15. The molecule has 8 nitrogen and oxygen atoms in total. The lowest BCUT2D eigenvalue weighted by Crippen LogP contribution is -2.42. The first-order valence-electron chi connectivity index (χ1n) is 14.4. The van der Waals surface area contributed by atoms with Gasteiger partial charge in [0.1, 0.15) is 0 Å². The second-order valence-electron chi connectivity index (χ2n) is 11.4. The van der Waals surface area contributed by atoms with E-state index >= 15 is 4.39 Å². The number of carbonyl (C=O) groups is 3. The summed E-state index contributed by atoms with van der Waals surface area (Å²) in [5.74, 6) is -1.64. The van der Waals surface area contributed by atoms with Gasteiger partial charge in [-0.1, -0.05) is 26.0 Å². The largest absolute Gasteiger partial charge is 0.505 e. The minimum Gasteiger partial charge on any atom is -0.505 e. The second kappa shape index (κ2) is 11.1. The summed E-state index contributed by atoms with van der Waals surface area (Å²) >= 11 is 0. The highest BCUT2D eigenvalue weighted by Gasteiger charge is 2.54. The average Bonchev–Trinajstić information content (AvgIpc) is 3.65. The van der Waals surface area contributed by atoms with E-state index in [0.717, 1.165) is 48.1 Å². The number of aromatic hydroxyl groups is 1. The molecular weight excluding hydrogens is 523 g/mol. The lowest BCUT2D eigenvalue weighted by Gasteiger charge is -2.35. The van der Waals surface area contributed by atoms with Gasteiger partial charge in [-0.3, -0.25) is 24.7 Å². The van der Waals surface area contributed by atoms with Crippen molar-refractivity contribution in [2.45, 2.75) is 66.3 Å². The summed E-state index contributed by atoms with van der Waals surface area (Å²) in [7, 11) is 0. The Morgan fingerprint density at radius 1 is 1.27 bits per heavy atom. The smallest absolute Gasteiger partial charge is 0.239 e. The van der Waals surface area contributed by atoms with Crippen LogP contribution < -0.4 is 10.2 Å². The van der Waals surface area contributed by atoms with Crippen LogP contribution in [0.15, 0.2) is 29.8 Å². The highest BCUT2D eigenvalue weighted by molar-refractivity contribution is 6.08. The molecule has 3 heterocycles. The molecular formula is C32H37FN4O4. The number of imide groups is 1. The van der Waals surface area contributed by atoms with E-state index < -0.39 is 17.0 Å². The van der Waals surface area contributed by atoms with E-state index in [1.165, 1.54) is 6.07 Å². The zero-order valence-corrected chi connectivity index (χ0v) is 24.1. The number of aromatic nitrogens is 1. The van der Waals surface area contributed by atoms with Crippen LogP contribution in [0.5, 0.6) is 5.75 Å². The van der Waals surface area contributed by atoms with Gasteiger partial charge >= 0.3 is 0 Å². The fourth-order valence-corrected chi connectivity index (χ4v) is 6.26. The molecule has 3 aliphatic rings. The Kier molecular flexibility index (Phi) is 7.72. The zero-order valence-electron chi connectivity index (χ0n) is 24.1. The highest BCUT2D eigenvalue weighted by Crippen LogP contribution is 2.52. The number of rotatable bonds is 10. The molecule has 2 N–H and O–H groups in total. The van der Waals surface area contributed by atoms with Crippen LogP contribution in [-0.4, -0.2) is 46.3 Å². The molecule has 2 aromatic rings. The number of benzene rings is 1. The van der Waals surface area contributed by atoms with Crippen molar-refractivity contribution < 1.29 is 23.9 Å². The number of pyridine rings is 1. The van der Waals surface area contributed by atoms with Crippen molar-refractivity contribution >= 4 is 35.7 Å². The van der Waals surface area contributed by atoms with Crippen LogP contribution in [0.4, 0.5) is 10.1 Å². The lowest BCUT2D eigenvalue weighted by atomic mass is 9.74. The molecule has 41 heavy (non-hydrogen) atoms. The molecule has 0 unspecified atom stereocenters. The van der Waals surface area contributed by atoms with E-state index in [9.17, 15) is 19.5 Å². The van der Waals surface area contributed by atoms with Crippen LogP contribution in [0.2, 0.25) is 0 Å². The molecule has 2 aliphatic heterocycles. The van der Waals surface area contributed by atoms with Crippen molar-refractivity contribution in [3.63, 3.8) is 0 Å². The number of aryl methyl sites for hydroxylation is 2. The molecule has 1 aliphatic carbocycles. The number of phenols is 1. The highest BCUT2D eigenvalue weighted by atomic mass is 19.1. The molecule has 5 rings (SSSR count). The zero-order chi connectivity index (χ0) is 29.5. The molecule has 216 valence electrons. The van der Waals surface area contributed by atoms with E-state index in [1.807, 2.05) is 50.8 Å². The first kappa shape index (κ1) is 28.5. The number of anilines is 1. The van der Waals surface area contributed by atoms with Crippen molar-refractivity contribution in [3.05, 3.63) is 63.7 Å². The molecule has 0 radical (unpaired) electrons. The monoisotopic (exact) mass is 560 g/mol. The Hall–Kier alpha value is -4.01. The summed E-state index contributed by atoms with van der Waals surface area (Å²) in [6, 6.07) is 5.01. The quantitative estimate of drug-likeness (QED) is 0.313. The van der Waals surface area contributed by atoms with Crippen molar-refractivity contribution in [3.8, 4) is 5.75 Å². The fourth-order valence-electron chi connectivity index (χ4n) is 6.26. The van der Waals surface area contributed by atoms with Crippen LogP contribution in [-0.2, 0) is 20.9 Å². The van der Waals surface area contributed by atoms with E-state index in [-0.39, 0.29) is 30.7 Å². The number of fused-ring (bicyclic) bond motifs is 1. The van der Waals surface area contributed by atoms with Crippen LogP contribution in [0.25, 0.3) is 11.8 Å². The van der Waals surface area contributed by atoms with Crippen LogP contribution >= 0.6 is 0 Å². The third-order valence-electron chi connectivity index (χ3n) is 8.35. The molecule has 1 saturated heterocycles. The number of nitrogens with one attached hydrogen (secondary N) is 1. The lowest BCUT2D eigenvalue weighted by molar-refractivity contribution is -0.128. The summed E-state index contributed by atoms with van der Waals surface area (Å²) in [5.41, 5.74) is 4.43. The van der Waals surface area contributed by atoms with Crippen LogP contribution in [0, 0.1) is 31.0 Å². The van der Waals surface area contributed by atoms with Crippen LogP contribution in [0.1, 0.15) is 74.0 Å². The molecule has 1 aromatic heterocycles. The first-order valence-corrected chi connectivity index (χ1v) is 14.4. The molecule has 3 amide bonds. The van der Waals surface area contributed by atoms with Crippen LogP contribution in [0.3, 0.4) is 0 Å². The number of amides is 3. The van der Waals surface area contributed by atoms with Gasteiger partial charge in [-0.2, -0.15) is 0 Å². The molecule has 0 bridgehead atoms. The van der Waals surface area contributed by atoms with Crippen molar-refractivity contribution in [1.29, 1.82) is 0 Å². The number of hydrogen-bond acceptors (Lipinski definition) is 6. The van der Waals surface area contributed by atoms with E-state index in [0.29, 0.717) is 42.2 Å². The molecule has 0 spiro atoms. The number of allylic oxidation sites excluding steroid dienone is 1. The van der Waals surface area contributed by atoms with Gasteiger partial charge < -0.3 is 14.9 Å². The Bertz CT molecular complexity index is 1480.